The molecule has 0 radical (unpaired) electrons. The van der Waals surface area contributed by atoms with Gasteiger partial charge in [-0.15, -0.1) is 0 Å². The standard InChI is InChI=1S/C15H12N6O2/c1-23-13-5-3-2-4-11(13)19-20-7-6-12-10(14(20)22)8-16-15-17-9-18-21(12)15/h2-9,19H,1H3. The van der Waals surface area contributed by atoms with E-state index < -0.39 is 0 Å². The highest BCUT2D eigenvalue weighted by atomic mass is 16.5. The lowest BCUT2D eigenvalue weighted by atomic mass is 10.3. The molecule has 0 saturated carbocycles. The number of nitrogens with zero attached hydrogens (tertiary/aromatic N) is 5. The Balaban J connectivity index is 1.87. The van der Waals surface area contributed by atoms with E-state index in [-0.39, 0.29) is 5.56 Å². The van der Waals surface area contributed by atoms with Gasteiger partial charge in [0.25, 0.3) is 11.3 Å². The Kier molecular flexibility index (Phi) is 2.94. The molecule has 114 valence electrons. The number of ether oxygens (including phenoxy) is 1. The number of hydrogen-bond donors (Lipinski definition) is 1. The van der Waals surface area contributed by atoms with E-state index in [4.69, 9.17) is 4.74 Å². The summed E-state index contributed by atoms with van der Waals surface area (Å²) in [5.74, 6) is 1.09. The summed E-state index contributed by atoms with van der Waals surface area (Å²) in [4.78, 5) is 20.8. The van der Waals surface area contributed by atoms with Crippen molar-refractivity contribution in [2.75, 3.05) is 12.5 Å². The van der Waals surface area contributed by atoms with Crippen LogP contribution in [0.1, 0.15) is 0 Å². The predicted octanol–water partition coefficient (Wildman–Crippen LogP) is 1.32. The van der Waals surface area contributed by atoms with Crippen LogP contribution >= 0.6 is 0 Å². The topological polar surface area (TPSA) is 86.3 Å². The maximum Gasteiger partial charge on any atom is 0.280 e. The molecule has 1 N–H and O–H groups in total. The normalized spacial score (nSPS) is 11.0. The summed E-state index contributed by atoms with van der Waals surface area (Å²) in [5.41, 5.74) is 4.13. The average molecular weight is 308 g/mol. The third kappa shape index (κ3) is 2.08. The highest BCUT2D eigenvalue weighted by Crippen LogP contribution is 2.22. The lowest BCUT2D eigenvalue weighted by Gasteiger charge is -2.13. The van der Waals surface area contributed by atoms with Crippen molar-refractivity contribution in [2.24, 2.45) is 0 Å². The lowest BCUT2D eigenvalue weighted by Crippen LogP contribution is -2.26. The van der Waals surface area contributed by atoms with Gasteiger partial charge >= 0.3 is 0 Å². The first-order chi connectivity index (χ1) is 11.3. The lowest BCUT2D eigenvalue weighted by molar-refractivity contribution is 0.416. The fourth-order valence-electron chi connectivity index (χ4n) is 2.42. The second kappa shape index (κ2) is 5.09. The zero-order valence-corrected chi connectivity index (χ0v) is 12.2. The number of anilines is 1. The number of aromatic nitrogens is 5. The highest BCUT2D eigenvalue weighted by Gasteiger charge is 2.09. The Labute approximate surface area is 130 Å². The van der Waals surface area contributed by atoms with Gasteiger partial charge in [-0.2, -0.15) is 14.6 Å². The SMILES string of the molecule is COc1ccccc1Nn1ccc2c(cnc3ncnn32)c1=O. The van der Waals surface area contributed by atoms with Gasteiger partial charge in [-0.25, -0.2) is 9.66 Å². The van der Waals surface area contributed by atoms with E-state index in [1.807, 2.05) is 24.3 Å². The van der Waals surface area contributed by atoms with E-state index in [2.05, 4.69) is 20.5 Å². The van der Waals surface area contributed by atoms with Crippen molar-refractivity contribution in [1.82, 2.24) is 24.3 Å². The van der Waals surface area contributed by atoms with Crippen LogP contribution in [0, 0.1) is 0 Å². The maximum atomic E-state index is 12.7. The summed E-state index contributed by atoms with van der Waals surface area (Å²) in [6, 6.07) is 9.14. The Morgan fingerprint density at radius 1 is 1.17 bits per heavy atom. The van der Waals surface area contributed by atoms with Crippen LogP contribution < -0.4 is 15.7 Å². The van der Waals surface area contributed by atoms with Crippen LogP contribution in [0.5, 0.6) is 5.75 Å². The molecule has 0 spiro atoms. The largest absolute Gasteiger partial charge is 0.495 e. The first-order valence-electron chi connectivity index (χ1n) is 6.88. The predicted molar refractivity (Wildman–Crippen MR) is 84.6 cm³/mol. The van der Waals surface area contributed by atoms with Crippen LogP contribution in [0.2, 0.25) is 0 Å². The first kappa shape index (κ1) is 13.3. The number of fused-ring (bicyclic) bond motifs is 3. The van der Waals surface area contributed by atoms with Crippen LogP contribution in [-0.4, -0.2) is 31.4 Å². The first-order valence-corrected chi connectivity index (χ1v) is 6.88. The van der Waals surface area contributed by atoms with Gasteiger partial charge in [-0.3, -0.25) is 10.2 Å². The van der Waals surface area contributed by atoms with Gasteiger partial charge < -0.3 is 4.74 Å². The van der Waals surface area contributed by atoms with E-state index in [1.165, 1.54) is 21.7 Å². The molecule has 8 nitrogen and oxygen atoms in total. The second-order valence-electron chi connectivity index (χ2n) is 4.83. The summed E-state index contributed by atoms with van der Waals surface area (Å²) in [7, 11) is 1.58. The molecule has 23 heavy (non-hydrogen) atoms. The number of benzene rings is 1. The van der Waals surface area contributed by atoms with E-state index >= 15 is 0 Å². The molecule has 3 heterocycles. The Hall–Kier alpha value is -3.42. The number of pyridine rings is 1. The molecule has 0 bridgehead atoms. The van der Waals surface area contributed by atoms with Crippen LogP contribution in [0.3, 0.4) is 0 Å². The molecule has 0 aliphatic carbocycles. The molecule has 0 saturated heterocycles. The zero-order valence-electron chi connectivity index (χ0n) is 12.2. The van der Waals surface area contributed by atoms with E-state index in [0.29, 0.717) is 28.1 Å². The number of rotatable bonds is 3. The second-order valence-corrected chi connectivity index (χ2v) is 4.83. The summed E-state index contributed by atoms with van der Waals surface area (Å²) in [6.07, 6.45) is 4.54. The molecule has 0 atom stereocenters. The fraction of sp³-hybridized carbons (Fsp3) is 0.0667. The number of methoxy groups -OCH3 is 1. The quantitative estimate of drug-likeness (QED) is 0.614. The van der Waals surface area contributed by atoms with Crippen LogP contribution in [0.4, 0.5) is 5.69 Å². The molecule has 3 aromatic heterocycles. The van der Waals surface area contributed by atoms with Gasteiger partial charge in [0.1, 0.15) is 12.1 Å². The summed E-state index contributed by atoms with van der Waals surface area (Å²) < 4.78 is 8.19. The highest BCUT2D eigenvalue weighted by molar-refractivity contribution is 5.78. The van der Waals surface area contributed by atoms with Crippen molar-refractivity contribution in [2.45, 2.75) is 0 Å². The Morgan fingerprint density at radius 2 is 2.04 bits per heavy atom. The smallest absolute Gasteiger partial charge is 0.280 e. The van der Waals surface area contributed by atoms with Crippen molar-refractivity contribution in [1.29, 1.82) is 0 Å². The summed E-state index contributed by atoms with van der Waals surface area (Å²) in [5, 5.41) is 4.52. The Bertz CT molecular complexity index is 1070. The van der Waals surface area contributed by atoms with Crippen molar-refractivity contribution in [3.05, 3.63) is 59.4 Å². The molecular formula is C15H12N6O2. The average Bonchev–Trinajstić information content (AvgIpc) is 3.06. The fourth-order valence-corrected chi connectivity index (χ4v) is 2.42. The third-order valence-corrected chi connectivity index (χ3v) is 3.52. The van der Waals surface area contributed by atoms with Gasteiger partial charge in [0, 0.05) is 12.4 Å². The Morgan fingerprint density at radius 3 is 2.91 bits per heavy atom. The van der Waals surface area contributed by atoms with Crippen molar-refractivity contribution in [3.8, 4) is 5.75 Å². The number of para-hydroxylation sites is 2. The minimum Gasteiger partial charge on any atom is -0.495 e. The number of hydrogen-bond acceptors (Lipinski definition) is 6. The van der Waals surface area contributed by atoms with Gasteiger partial charge in [-0.05, 0) is 18.2 Å². The molecule has 0 amide bonds. The summed E-state index contributed by atoms with van der Waals surface area (Å²) >= 11 is 0. The molecule has 4 aromatic rings. The molecule has 4 rings (SSSR count). The zero-order chi connectivity index (χ0) is 15.8. The van der Waals surface area contributed by atoms with Crippen LogP contribution in [0.15, 0.2) is 53.8 Å². The molecular weight excluding hydrogens is 296 g/mol. The molecule has 0 fully saturated rings. The van der Waals surface area contributed by atoms with E-state index in [1.54, 1.807) is 19.4 Å². The molecule has 0 aliphatic heterocycles. The monoisotopic (exact) mass is 308 g/mol. The van der Waals surface area contributed by atoms with Crippen molar-refractivity contribution >= 4 is 22.4 Å². The minimum absolute atomic E-state index is 0.238. The minimum atomic E-state index is -0.238. The van der Waals surface area contributed by atoms with Gasteiger partial charge in [-0.1, -0.05) is 12.1 Å². The van der Waals surface area contributed by atoms with E-state index in [0.717, 1.165) is 0 Å². The van der Waals surface area contributed by atoms with Gasteiger partial charge in [0.05, 0.1) is 23.7 Å². The van der Waals surface area contributed by atoms with Crippen LogP contribution in [-0.2, 0) is 0 Å². The summed E-state index contributed by atoms with van der Waals surface area (Å²) in [6.45, 7) is 0. The maximum absolute atomic E-state index is 12.7. The molecule has 0 unspecified atom stereocenters. The molecule has 1 aromatic carbocycles. The van der Waals surface area contributed by atoms with Crippen LogP contribution in [0.25, 0.3) is 16.7 Å². The van der Waals surface area contributed by atoms with Crippen molar-refractivity contribution < 1.29 is 4.74 Å². The third-order valence-electron chi connectivity index (χ3n) is 3.52. The van der Waals surface area contributed by atoms with Crippen molar-refractivity contribution in [3.63, 3.8) is 0 Å². The van der Waals surface area contributed by atoms with Gasteiger partial charge in [0.2, 0.25) is 0 Å². The van der Waals surface area contributed by atoms with E-state index in [9.17, 15) is 4.79 Å². The molecule has 0 aliphatic rings. The number of nitrogens with one attached hydrogen (secondary N) is 1. The van der Waals surface area contributed by atoms with Gasteiger partial charge in [0.15, 0.2) is 0 Å². The molecule has 8 heteroatoms.